The van der Waals surface area contributed by atoms with E-state index in [9.17, 15) is 0 Å². The third-order valence-electron chi connectivity index (χ3n) is 8.20. The fraction of sp³-hybridized carbons (Fsp3) is 0.0256. The van der Waals surface area contributed by atoms with Gasteiger partial charge in [0.1, 0.15) is 11.3 Å². The average Bonchev–Trinajstić information content (AvgIpc) is 3.58. The van der Waals surface area contributed by atoms with Crippen molar-refractivity contribution >= 4 is 43.9 Å². The zero-order valence-electron chi connectivity index (χ0n) is 24.0. The molecule has 0 radical (unpaired) electrons. The van der Waals surface area contributed by atoms with Crippen LogP contribution in [0, 0.1) is 0 Å². The first kappa shape index (κ1) is 25.7. The van der Waals surface area contributed by atoms with Crippen molar-refractivity contribution in [2.45, 2.75) is 6.42 Å². The van der Waals surface area contributed by atoms with Gasteiger partial charge in [-0.15, -0.1) is 0 Å². The number of nitrogens with two attached hydrogens (primary N) is 1. The van der Waals surface area contributed by atoms with Gasteiger partial charge in [-0.1, -0.05) is 72.8 Å². The molecule has 44 heavy (non-hydrogen) atoms. The lowest BCUT2D eigenvalue weighted by atomic mass is 10.0. The van der Waals surface area contributed by atoms with Crippen molar-refractivity contribution in [1.29, 1.82) is 0 Å². The van der Waals surface area contributed by atoms with Crippen LogP contribution in [0.15, 0.2) is 152 Å². The van der Waals surface area contributed by atoms with Gasteiger partial charge in [0.05, 0.1) is 16.7 Å². The molecule has 8 aromatic rings. The van der Waals surface area contributed by atoms with Crippen LogP contribution in [-0.4, -0.2) is 19.1 Å². The van der Waals surface area contributed by atoms with Crippen molar-refractivity contribution < 1.29 is 0 Å². The van der Waals surface area contributed by atoms with Gasteiger partial charge in [-0.3, -0.25) is 14.1 Å². The van der Waals surface area contributed by atoms with Crippen LogP contribution in [0.1, 0.15) is 5.56 Å². The number of pyridine rings is 2. The van der Waals surface area contributed by atoms with Crippen LogP contribution in [0.3, 0.4) is 0 Å². The molecule has 0 bridgehead atoms. The molecule has 4 aromatic heterocycles. The smallest absolute Gasteiger partial charge is 0.148 e. The summed E-state index contributed by atoms with van der Waals surface area (Å²) in [7, 11) is 0. The van der Waals surface area contributed by atoms with E-state index in [0.29, 0.717) is 0 Å². The number of fused-ring (bicyclic) bond motifs is 6. The predicted octanol–water partition coefficient (Wildman–Crippen LogP) is 8.91. The van der Waals surface area contributed by atoms with Gasteiger partial charge in [-0.05, 0) is 84.9 Å². The lowest BCUT2D eigenvalue weighted by Crippen LogP contribution is -2.00. The summed E-state index contributed by atoms with van der Waals surface area (Å²) in [4.78, 5) is 10.2. The van der Waals surface area contributed by atoms with E-state index in [1.54, 1.807) is 6.20 Å². The Morgan fingerprint density at radius 2 is 1.25 bits per heavy atom. The molecule has 0 aliphatic rings. The van der Waals surface area contributed by atoms with Crippen molar-refractivity contribution in [3.63, 3.8) is 0 Å². The number of allylic oxidation sites excluding steroid dienone is 3. The third-order valence-corrected chi connectivity index (χ3v) is 8.20. The Bertz CT molecular complexity index is 2360. The topological polar surface area (TPSA) is 61.7 Å². The summed E-state index contributed by atoms with van der Waals surface area (Å²) in [5.41, 5.74) is 15.0. The maximum atomic E-state index is 5.56. The Labute approximate surface area is 254 Å². The standard InChI is InChI=1S/C39H29N5/c40-21-11-2-3-13-27-23-28(35-18-10-12-22-41-35)25-30(24-27)44-37-20-9-7-17-32(37)34-26-33-31-16-6-8-19-36(31)43(38(33)42-39(34)44)29-14-4-1-5-15-29/h1-12,14-26H,13,40H2/b3-2-,21-11-. The van der Waals surface area contributed by atoms with E-state index in [0.717, 1.165) is 62.2 Å². The Hall–Kier alpha value is -5.94. The molecule has 8 rings (SSSR count). The first-order chi connectivity index (χ1) is 21.8. The number of benzene rings is 4. The van der Waals surface area contributed by atoms with Crippen LogP contribution in [0.25, 0.3) is 66.5 Å². The molecule has 0 saturated heterocycles. The van der Waals surface area contributed by atoms with Gasteiger partial charge in [0.15, 0.2) is 0 Å². The van der Waals surface area contributed by atoms with Gasteiger partial charge in [-0.25, -0.2) is 4.98 Å². The Morgan fingerprint density at radius 3 is 1.93 bits per heavy atom. The van der Waals surface area contributed by atoms with Gasteiger partial charge in [0.25, 0.3) is 0 Å². The highest BCUT2D eigenvalue weighted by Crippen LogP contribution is 2.38. The maximum Gasteiger partial charge on any atom is 0.148 e. The summed E-state index contributed by atoms with van der Waals surface area (Å²) < 4.78 is 4.58. The second-order valence-electron chi connectivity index (χ2n) is 10.9. The monoisotopic (exact) mass is 567 g/mol. The van der Waals surface area contributed by atoms with E-state index >= 15 is 0 Å². The number of hydrogen-bond donors (Lipinski definition) is 1. The predicted molar refractivity (Wildman–Crippen MR) is 182 cm³/mol. The van der Waals surface area contributed by atoms with Gasteiger partial charge < -0.3 is 5.73 Å². The van der Waals surface area contributed by atoms with E-state index in [2.05, 4.69) is 129 Å². The fourth-order valence-corrected chi connectivity index (χ4v) is 6.30. The Morgan fingerprint density at radius 1 is 0.591 bits per heavy atom. The second kappa shape index (κ2) is 10.7. The van der Waals surface area contributed by atoms with Crippen molar-refractivity contribution in [1.82, 2.24) is 19.1 Å². The quantitative estimate of drug-likeness (QED) is 0.204. The van der Waals surface area contributed by atoms with Gasteiger partial charge in [-0.2, -0.15) is 0 Å². The minimum atomic E-state index is 0.759. The van der Waals surface area contributed by atoms with E-state index < -0.39 is 0 Å². The average molecular weight is 568 g/mol. The Balaban J connectivity index is 1.45. The molecule has 0 fully saturated rings. The molecular formula is C39H29N5. The number of rotatable bonds is 6. The molecule has 210 valence electrons. The minimum absolute atomic E-state index is 0.759. The van der Waals surface area contributed by atoms with Crippen molar-refractivity contribution in [2.24, 2.45) is 5.73 Å². The number of aromatic nitrogens is 4. The van der Waals surface area contributed by atoms with Crippen LogP contribution in [0.4, 0.5) is 0 Å². The van der Waals surface area contributed by atoms with Crippen LogP contribution in [0.2, 0.25) is 0 Å². The van der Waals surface area contributed by atoms with Gasteiger partial charge >= 0.3 is 0 Å². The number of para-hydroxylation sites is 3. The van der Waals surface area contributed by atoms with E-state index in [4.69, 9.17) is 10.7 Å². The molecule has 0 amide bonds. The molecule has 5 heteroatoms. The van der Waals surface area contributed by atoms with Crippen LogP contribution >= 0.6 is 0 Å². The van der Waals surface area contributed by atoms with Crippen LogP contribution in [0.5, 0.6) is 0 Å². The number of hydrogen-bond acceptors (Lipinski definition) is 3. The largest absolute Gasteiger partial charge is 0.405 e. The fourth-order valence-electron chi connectivity index (χ4n) is 6.30. The number of nitrogens with zero attached hydrogens (tertiary/aromatic N) is 4. The summed E-state index contributed by atoms with van der Waals surface area (Å²) in [6, 6.07) is 42.7. The molecule has 0 aliphatic carbocycles. The van der Waals surface area contributed by atoms with Crippen molar-refractivity contribution in [2.75, 3.05) is 0 Å². The van der Waals surface area contributed by atoms with E-state index in [1.165, 1.54) is 16.3 Å². The highest BCUT2D eigenvalue weighted by atomic mass is 15.1. The lowest BCUT2D eigenvalue weighted by molar-refractivity contribution is 1.10. The zero-order chi connectivity index (χ0) is 29.5. The second-order valence-corrected chi connectivity index (χ2v) is 10.9. The van der Waals surface area contributed by atoms with E-state index in [1.807, 2.05) is 30.5 Å². The molecule has 2 N–H and O–H groups in total. The maximum absolute atomic E-state index is 5.56. The van der Waals surface area contributed by atoms with Crippen LogP contribution in [-0.2, 0) is 6.42 Å². The molecule has 0 unspecified atom stereocenters. The van der Waals surface area contributed by atoms with Gasteiger partial charge in [0, 0.05) is 44.7 Å². The molecule has 0 spiro atoms. The van der Waals surface area contributed by atoms with Gasteiger partial charge in [0.2, 0.25) is 0 Å². The molecule has 0 saturated carbocycles. The molecule has 0 atom stereocenters. The molecule has 4 heterocycles. The van der Waals surface area contributed by atoms with Crippen LogP contribution < -0.4 is 5.73 Å². The molecule has 4 aromatic carbocycles. The van der Waals surface area contributed by atoms with E-state index in [-0.39, 0.29) is 0 Å². The summed E-state index contributed by atoms with van der Waals surface area (Å²) >= 11 is 0. The summed E-state index contributed by atoms with van der Waals surface area (Å²) in [5.74, 6) is 0. The third kappa shape index (κ3) is 4.26. The first-order valence-corrected chi connectivity index (χ1v) is 14.8. The first-order valence-electron chi connectivity index (χ1n) is 14.8. The summed E-state index contributed by atoms with van der Waals surface area (Å²) in [6.45, 7) is 0. The molecular weight excluding hydrogens is 538 g/mol. The summed E-state index contributed by atoms with van der Waals surface area (Å²) in [5, 5.41) is 4.63. The normalized spacial score (nSPS) is 12.1. The SMILES string of the molecule is N/C=C\C=C/Cc1cc(-c2ccccn2)cc(-n2c3ccccc3c3cc4c5ccccc5n(-c5ccccc5)c4nc32)c1. The molecule has 0 aliphatic heterocycles. The highest BCUT2D eigenvalue weighted by molar-refractivity contribution is 6.16. The Kier molecular flexibility index (Phi) is 6.27. The highest BCUT2D eigenvalue weighted by Gasteiger charge is 2.20. The van der Waals surface area contributed by atoms with Crippen molar-refractivity contribution in [3.05, 3.63) is 158 Å². The van der Waals surface area contributed by atoms with Crippen molar-refractivity contribution in [3.8, 4) is 22.6 Å². The minimum Gasteiger partial charge on any atom is -0.405 e. The lowest BCUT2D eigenvalue weighted by Gasteiger charge is -2.13. The molecule has 5 nitrogen and oxygen atoms in total. The zero-order valence-corrected chi connectivity index (χ0v) is 24.0. The summed E-state index contributed by atoms with van der Waals surface area (Å²) in [6.07, 6.45) is 10.1.